The minimum atomic E-state index is 0.690. The second-order valence-electron chi connectivity index (χ2n) is 5.17. The van der Waals surface area contributed by atoms with Crippen LogP contribution in [0.5, 0.6) is 5.88 Å². The van der Waals surface area contributed by atoms with Crippen molar-refractivity contribution in [2.45, 2.75) is 45.6 Å². The van der Waals surface area contributed by atoms with Crippen LogP contribution in [0, 0.1) is 5.92 Å². The molecule has 106 valence electrons. The predicted molar refractivity (Wildman–Crippen MR) is 78.7 cm³/mol. The number of halogens is 1. The van der Waals surface area contributed by atoms with Crippen molar-refractivity contribution in [2.75, 3.05) is 13.2 Å². The second-order valence-corrected chi connectivity index (χ2v) is 5.58. The van der Waals surface area contributed by atoms with E-state index in [1.54, 1.807) is 0 Å². The van der Waals surface area contributed by atoms with Gasteiger partial charge in [-0.3, -0.25) is 0 Å². The van der Waals surface area contributed by atoms with Crippen molar-refractivity contribution >= 4 is 11.6 Å². The standard InChI is InChI=1S/C15H23ClN2O/c1-2-17-10-14-13(16)8-9-15(18-14)19-11-12-6-4-3-5-7-12/h8-9,12,17H,2-7,10-11H2,1H3. The highest BCUT2D eigenvalue weighted by Crippen LogP contribution is 2.25. The summed E-state index contributed by atoms with van der Waals surface area (Å²) in [6.07, 6.45) is 6.64. The van der Waals surface area contributed by atoms with Crippen LogP contribution in [0.15, 0.2) is 12.1 Å². The molecule has 0 saturated heterocycles. The Morgan fingerprint density at radius 1 is 1.32 bits per heavy atom. The smallest absolute Gasteiger partial charge is 0.213 e. The largest absolute Gasteiger partial charge is 0.477 e. The third-order valence-corrected chi connectivity index (χ3v) is 3.97. The highest BCUT2D eigenvalue weighted by molar-refractivity contribution is 6.31. The zero-order valence-corrected chi connectivity index (χ0v) is 12.4. The van der Waals surface area contributed by atoms with Crippen LogP contribution in [0.2, 0.25) is 5.02 Å². The van der Waals surface area contributed by atoms with Crippen molar-refractivity contribution in [1.82, 2.24) is 10.3 Å². The maximum absolute atomic E-state index is 6.12. The Hall–Kier alpha value is -0.800. The molecule has 1 N–H and O–H groups in total. The molecule has 2 rings (SSSR count). The van der Waals surface area contributed by atoms with Gasteiger partial charge in [0.05, 0.1) is 17.3 Å². The monoisotopic (exact) mass is 282 g/mol. The first-order chi connectivity index (χ1) is 9.29. The number of ether oxygens (including phenoxy) is 1. The molecule has 0 radical (unpaired) electrons. The summed E-state index contributed by atoms with van der Waals surface area (Å²) in [5.41, 5.74) is 0.865. The molecule has 1 aromatic heterocycles. The highest BCUT2D eigenvalue weighted by atomic mass is 35.5. The number of aromatic nitrogens is 1. The Balaban J connectivity index is 1.88. The first-order valence-corrected chi connectivity index (χ1v) is 7.66. The predicted octanol–water partition coefficient (Wildman–Crippen LogP) is 3.80. The Kier molecular flexibility index (Phi) is 5.93. The van der Waals surface area contributed by atoms with Gasteiger partial charge in [0, 0.05) is 12.6 Å². The van der Waals surface area contributed by atoms with Gasteiger partial charge in [-0.2, -0.15) is 0 Å². The van der Waals surface area contributed by atoms with Crippen molar-refractivity contribution in [3.8, 4) is 5.88 Å². The van der Waals surface area contributed by atoms with Crippen LogP contribution >= 0.6 is 11.6 Å². The fourth-order valence-electron chi connectivity index (χ4n) is 2.47. The third kappa shape index (κ3) is 4.66. The number of hydrogen-bond donors (Lipinski definition) is 1. The van der Waals surface area contributed by atoms with Crippen LogP contribution in [-0.2, 0) is 6.54 Å². The number of hydrogen-bond acceptors (Lipinski definition) is 3. The molecule has 1 fully saturated rings. The van der Waals surface area contributed by atoms with Gasteiger partial charge in [-0.15, -0.1) is 0 Å². The van der Waals surface area contributed by atoms with E-state index in [0.717, 1.165) is 18.8 Å². The maximum atomic E-state index is 6.12. The van der Waals surface area contributed by atoms with E-state index >= 15 is 0 Å². The SMILES string of the molecule is CCNCc1nc(OCC2CCCCC2)ccc1Cl. The molecule has 0 unspecified atom stereocenters. The van der Waals surface area contributed by atoms with Crippen LogP contribution in [0.3, 0.4) is 0 Å². The lowest BCUT2D eigenvalue weighted by Crippen LogP contribution is -2.17. The summed E-state index contributed by atoms with van der Waals surface area (Å²) >= 11 is 6.12. The molecule has 0 aromatic carbocycles. The quantitative estimate of drug-likeness (QED) is 0.862. The molecule has 1 heterocycles. The summed E-state index contributed by atoms with van der Waals surface area (Å²) in [5.74, 6) is 1.39. The lowest BCUT2D eigenvalue weighted by atomic mass is 9.90. The van der Waals surface area contributed by atoms with Crippen molar-refractivity contribution < 1.29 is 4.74 Å². The van der Waals surface area contributed by atoms with Crippen LogP contribution in [0.1, 0.15) is 44.7 Å². The lowest BCUT2D eigenvalue weighted by molar-refractivity contribution is 0.202. The van der Waals surface area contributed by atoms with E-state index in [0.29, 0.717) is 23.4 Å². The first kappa shape index (κ1) is 14.6. The van der Waals surface area contributed by atoms with Gasteiger partial charge < -0.3 is 10.1 Å². The van der Waals surface area contributed by atoms with Crippen molar-refractivity contribution in [1.29, 1.82) is 0 Å². The van der Waals surface area contributed by atoms with Crippen molar-refractivity contribution in [3.05, 3.63) is 22.8 Å². The number of nitrogens with one attached hydrogen (secondary N) is 1. The molecule has 1 aliphatic rings. The molecule has 0 spiro atoms. The van der Waals surface area contributed by atoms with Crippen molar-refractivity contribution in [2.24, 2.45) is 5.92 Å². The summed E-state index contributed by atoms with van der Waals surface area (Å²) in [6.45, 7) is 4.45. The summed E-state index contributed by atoms with van der Waals surface area (Å²) in [6, 6.07) is 3.73. The number of pyridine rings is 1. The fraction of sp³-hybridized carbons (Fsp3) is 0.667. The van der Waals surface area contributed by atoms with E-state index in [9.17, 15) is 0 Å². The zero-order chi connectivity index (χ0) is 13.5. The minimum Gasteiger partial charge on any atom is -0.477 e. The molecule has 4 heteroatoms. The summed E-state index contributed by atoms with van der Waals surface area (Å²) in [4.78, 5) is 4.48. The fourth-order valence-corrected chi connectivity index (χ4v) is 2.64. The van der Waals surface area contributed by atoms with E-state index in [1.165, 1.54) is 32.1 Å². The van der Waals surface area contributed by atoms with E-state index < -0.39 is 0 Å². The van der Waals surface area contributed by atoms with E-state index in [2.05, 4.69) is 17.2 Å². The Bertz CT molecular complexity index is 392. The molecule has 0 atom stereocenters. The Labute approximate surface area is 120 Å². The van der Waals surface area contributed by atoms with Gasteiger partial charge in [0.15, 0.2) is 0 Å². The normalized spacial score (nSPS) is 16.5. The minimum absolute atomic E-state index is 0.690. The maximum Gasteiger partial charge on any atom is 0.213 e. The molecule has 0 bridgehead atoms. The topological polar surface area (TPSA) is 34.2 Å². The zero-order valence-electron chi connectivity index (χ0n) is 11.6. The van der Waals surface area contributed by atoms with Gasteiger partial charge in [0.25, 0.3) is 0 Å². The molecule has 3 nitrogen and oxygen atoms in total. The molecule has 19 heavy (non-hydrogen) atoms. The van der Waals surface area contributed by atoms with Gasteiger partial charge in [0.1, 0.15) is 0 Å². The summed E-state index contributed by atoms with van der Waals surface area (Å²) < 4.78 is 5.82. The molecule has 1 aromatic rings. The highest BCUT2D eigenvalue weighted by Gasteiger charge is 2.14. The Morgan fingerprint density at radius 3 is 2.84 bits per heavy atom. The molecule has 0 amide bonds. The average Bonchev–Trinajstić information content (AvgIpc) is 2.46. The van der Waals surface area contributed by atoms with E-state index in [4.69, 9.17) is 16.3 Å². The van der Waals surface area contributed by atoms with E-state index in [-0.39, 0.29) is 0 Å². The van der Waals surface area contributed by atoms with Crippen LogP contribution in [0.4, 0.5) is 0 Å². The first-order valence-electron chi connectivity index (χ1n) is 7.28. The molecular formula is C15H23ClN2O. The van der Waals surface area contributed by atoms with Crippen LogP contribution in [0.25, 0.3) is 0 Å². The summed E-state index contributed by atoms with van der Waals surface area (Å²) in [5, 5.41) is 3.94. The summed E-state index contributed by atoms with van der Waals surface area (Å²) in [7, 11) is 0. The van der Waals surface area contributed by atoms with Gasteiger partial charge >= 0.3 is 0 Å². The second kappa shape index (κ2) is 7.71. The molecular weight excluding hydrogens is 260 g/mol. The number of rotatable bonds is 6. The molecule has 1 saturated carbocycles. The van der Waals surface area contributed by atoms with Gasteiger partial charge in [0.2, 0.25) is 5.88 Å². The Morgan fingerprint density at radius 2 is 2.11 bits per heavy atom. The van der Waals surface area contributed by atoms with Gasteiger partial charge in [-0.25, -0.2) is 4.98 Å². The van der Waals surface area contributed by atoms with Gasteiger partial charge in [-0.1, -0.05) is 37.8 Å². The third-order valence-electron chi connectivity index (χ3n) is 3.63. The molecule has 1 aliphatic carbocycles. The van der Waals surface area contributed by atoms with Gasteiger partial charge in [-0.05, 0) is 31.4 Å². The van der Waals surface area contributed by atoms with Crippen molar-refractivity contribution in [3.63, 3.8) is 0 Å². The van der Waals surface area contributed by atoms with Crippen LogP contribution in [-0.4, -0.2) is 18.1 Å². The average molecular weight is 283 g/mol. The lowest BCUT2D eigenvalue weighted by Gasteiger charge is -2.21. The van der Waals surface area contributed by atoms with Crippen LogP contribution < -0.4 is 10.1 Å². The van der Waals surface area contributed by atoms with E-state index in [1.807, 2.05) is 12.1 Å². The molecule has 0 aliphatic heterocycles. The number of nitrogens with zero attached hydrogens (tertiary/aromatic N) is 1.